The summed E-state index contributed by atoms with van der Waals surface area (Å²) in [7, 11) is 0. The minimum absolute atomic E-state index is 0.349. The lowest BCUT2D eigenvalue weighted by Crippen LogP contribution is -2.23. The van der Waals surface area contributed by atoms with Crippen LogP contribution >= 0.6 is 0 Å². The van der Waals surface area contributed by atoms with E-state index in [9.17, 15) is 0 Å². The van der Waals surface area contributed by atoms with E-state index in [0.29, 0.717) is 18.4 Å². The number of aromatic nitrogens is 3. The number of hydrogen-bond donors (Lipinski definition) is 1. The molecule has 3 rings (SSSR count). The summed E-state index contributed by atoms with van der Waals surface area (Å²) in [6.07, 6.45) is 11.9. The first-order valence-electron chi connectivity index (χ1n) is 7.69. The van der Waals surface area contributed by atoms with Crippen molar-refractivity contribution in [3.8, 4) is 6.07 Å². The Bertz CT molecular complexity index is 546. The van der Waals surface area contributed by atoms with Gasteiger partial charge in [0.15, 0.2) is 0 Å². The van der Waals surface area contributed by atoms with Crippen LogP contribution in [0.25, 0.3) is 0 Å². The van der Waals surface area contributed by atoms with Crippen LogP contribution in [0.2, 0.25) is 0 Å². The van der Waals surface area contributed by atoms with Crippen LogP contribution in [0.5, 0.6) is 0 Å². The van der Waals surface area contributed by atoms with E-state index in [1.54, 1.807) is 24.7 Å². The first kappa shape index (κ1) is 15.9. The molecule has 1 aliphatic carbocycles. The molecule has 0 atom stereocenters. The van der Waals surface area contributed by atoms with Crippen molar-refractivity contribution in [3.05, 3.63) is 48.5 Å². The maximum Gasteiger partial charge on any atom is 0.223 e. The summed E-state index contributed by atoms with van der Waals surface area (Å²) in [5.74, 6) is 0.666. The van der Waals surface area contributed by atoms with Gasteiger partial charge in [0.05, 0.1) is 18.2 Å². The van der Waals surface area contributed by atoms with Gasteiger partial charge in [-0.3, -0.25) is 4.98 Å². The normalized spacial score (nSPS) is 14.3. The molecule has 1 saturated carbocycles. The fourth-order valence-corrected chi connectivity index (χ4v) is 2.39. The highest BCUT2D eigenvalue weighted by Gasteiger charge is 2.13. The third-order valence-electron chi connectivity index (χ3n) is 3.48. The molecule has 2 heterocycles. The molecule has 0 amide bonds. The van der Waals surface area contributed by atoms with Crippen molar-refractivity contribution >= 4 is 5.95 Å². The monoisotopic (exact) mass is 295 g/mol. The van der Waals surface area contributed by atoms with Crippen LogP contribution in [0.15, 0.2) is 42.9 Å². The van der Waals surface area contributed by atoms with Crippen LogP contribution in [0.1, 0.15) is 37.8 Å². The van der Waals surface area contributed by atoms with E-state index in [2.05, 4.69) is 26.3 Å². The molecule has 2 aromatic rings. The van der Waals surface area contributed by atoms with E-state index < -0.39 is 0 Å². The van der Waals surface area contributed by atoms with Crippen molar-refractivity contribution in [1.29, 1.82) is 5.26 Å². The minimum Gasteiger partial charge on any atom is -0.351 e. The van der Waals surface area contributed by atoms with E-state index in [-0.39, 0.29) is 0 Å². The Labute approximate surface area is 131 Å². The van der Waals surface area contributed by atoms with Crippen LogP contribution in [0.3, 0.4) is 0 Å². The molecule has 22 heavy (non-hydrogen) atoms. The van der Waals surface area contributed by atoms with Crippen LogP contribution in [-0.4, -0.2) is 21.0 Å². The molecule has 114 valence electrons. The average molecular weight is 295 g/mol. The molecular weight excluding hydrogens is 274 g/mol. The van der Waals surface area contributed by atoms with E-state index in [4.69, 9.17) is 5.26 Å². The average Bonchev–Trinajstić information content (AvgIpc) is 2.59. The lowest BCUT2D eigenvalue weighted by atomic mass is 9.96. The summed E-state index contributed by atoms with van der Waals surface area (Å²) >= 11 is 0. The standard InChI is InChI=1S/C12H16N4.C5H5N/c13-8-6-11-7-9-14-12(16-11)15-10-4-2-1-3-5-10;1-2-4-6-5-3-1/h7,9-10H,1-6H2,(H,14,15,16);1-5H. The van der Waals surface area contributed by atoms with Gasteiger partial charge in [0.25, 0.3) is 0 Å². The van der Waals surface area contributed by atoms with Crippen molar-refractivity contribution in [2.75, 3.05) is 5.32 Å². The van der Waals surface area contributed by atoms with Gasteiger partial charge in [-0.1, -0.05) is 25.3 Å². The second-order valence-corrected chi connectivity index (χ2v) is 5.21. The fourth-order valence-electron chi connectivity index (χ4n) is 2.39. The topological polar surface area (TPSA) is 74.5 Å². The van der Waals surface area contributed by atoms with E-state index >= 15 is 0 Å². The van der Waals surface area contributed by atoms with Gasteiger partial charge in [-0.05, 0) is 31.0 Å². The molecule has 1 aliphatic rings. The molecule has 0 bridgehead atoms. The van der Waals surface area contributed by atoms with Gasteiger partial charge in [-0.25, -0.2) is 9.97 Å². The van der Waals surface area contributed by atoms with Gasteiger partial charge < -0.3 is 5.32 Å². The van der Waals surface area contributed by atoms with Crippen molar-refractivity contribution < 1.29 is 0 Å². The number of nitrogens with one attached hydrogen (secondary N) is 1. The summed E-state index contributed by atoms with van der Waals surface area (Å²) in [6, 6.07) is 10.1. The molecule has 1 fully saturated rings. The van der Waals surface area contributed by atoms with Crippen LogP contribution < -0.4 is 5.32 Å². The van der Waals surface area contributed by atoms with Gasteiger partial charge in [0, 0.05) is 24.6 Å². The maximum atomic E-state index is 8.60. The highest BCUT2D eigenvalue weighted by molar-refractivity contribution is 5.27. The Hall–Kier alpha value is -2.48. The van der Waals surface area contributed by atoms with Crippen molar-refractivity contribution in [1.82, 2.24) is 15.0 Å². The lowest BCUT2D eigenvalue weighted by Gasteiger charge is -2.22. The number of hydrogen-bond acceptors (Lipinski definition) is 5. The number of nitriles is 1. The Morgan fingerprint density at radius 2 is 1.86 bits per heavy atom. The second-order valence-electron chi connectivity index (χ2n) is 5.21. The van der Waals surface area contributed by atoms with E-state index in [1.807, 2.05) is 18.2 Å². The number of rotatable bonds is 3. The molecule has 0 saturated heterocycles. The molecule has 2 aromatic heterocycles. The summed E-state index contributed by atoms with van der Waals surface area (Å²) in [4.78, 5) is 12.3. The molecule has 0 aliphatic heterocycles. The van der Waals surface area contributed by atoms with Gasteiger partial charge in [-0.15, -0.1) is 0 Å². The fraction of sp³-hybridized carbons (Fsp3) is 0.412. The van der Waals surface area contributed by atoms with Gasteiger partial charge in [-0.2, -0.15) is 5.26 Å². The van der Waals surface area contributed by atoms with Gasteiger partial charge in [0.2, 0.25) is 5.95 Å². The zero-order valence-electron chi connectivity index (χ0n) is 12.7. The van der Waals surface area contributed by atoms with Crippen LogP contribution in [-0.2, 0) is 6.42 Å². The number of nitrogens with zero attached hydrogens (tertiary/aromatic N) is 4. The van der Waals surface area contributed by atoms with Crippen LogP contribution in [0, 0.1) is 11.3 Å². The number of anilines is 1. The maximum absolute atomic E-state index is 8.60. The SMILES string of the molecule is N#CCc1ccnc(NC2CCCCC2)n1.c1ccncc1. The molecule has 0 aromatic carbocycles. The van der Waals surface area contributed by atoms with Crippen molar-refractivity contribution in [2.45, 2.75) is 44.6 Å². The third kappa shape index (κ3) is 5.88. The lowest BCUT2D eigenvalue weighted by molar-refractivity contribution is 0.460. The van der Waals surface area contributed by atoms with E-state index in [1.165, 1.54) is 32.1 Å². The van der Waals surface area contributed by atoms with Crippen molar-refractivity contribution in [3.63, 3.8) is 0 Å². The Morgan fingerprint density at radius 3 is 2.45 bits per heavy atom. The zero-order chi connectivity index (χ0) is 15.5. The third-order valence-corrected chi connectivity index (χ3v) is 3.48. The molecular formula is C17H21N5. The Balaban J connectivity index is 0.000000246. The van der Waals surface area contributed by atoms with Crippen LogP contribution in [0.4, 0.5) is 5.95 Å². The second kappa shape index (κ2) is 9.46. The summed E-state index contributed by atoms with van der Waals surface area (Å²) in [6.45, 7) is 0. The Kier molecular flexibility index (Phi) is 6.83. The highest BCUT2D eigenvalue weighted by Crippen LogP contribution is 2.20. The molecule has 0 unspecified atom stereocenters. The molecule has 0 radical (unpaired) electrons. The number of pyridine rings is 1. The summed E-state index contributed by atoms with van der Waals surface area (Å²) < 4.78 is 0. The Morgan fingerprint density at radius 1 is 1.09 bits per heavy atom. The highest BCUT2D eigenvalue weighted by atomic mass is 15.1. The summed E-state index contributed by atoms with van der Waals surface area (Å²) in [5.41, 5.74) is 0.788. The van der Waals surface area contributed by atoms with Gasteiger partial charge >= 0.3 is 0 Å². The van der Waals surface area contributed by atoms with E-state index in [0.717, 1.165) is 5.69 Å². The minimum atomic E-state index is 0.349. The zero-order valence-corrected chi connectivity index (χ0v) is 12.7. The first-order chi connectivity index (χ1) is 10.9. The smallest absolute Gasteiger partial charge is 0.223 e. The summed E-state index contributed by atoms with van der Waals surface area (Å²) in [5, 5.41) is 11.9. The predicted octanol–water partition coefficient (Wildman–Crippen LogP) is 3.37. The van der Waals surface area contributed by atoms with Crippen molar-refractivity contribution in [2.24, 2.45) is 0 Å². The largest absolute Gasteiger partial charge is 0.351 e. The predicted molar refractivity (Wildman–Crippen MR) is 86.1 cm³/mol. The van der Waals surface area contributed by atoms with Gasteiger partial charge in [0.1, 0.15) is 0 Å². The molecule has 1 N–H and O–H groups in total. The molecule has 0 spiro atoms. The molecule has 5 nitrogen and oxygen atoms in total. The quantitative estimate of drug-likeness (QED) is 0.939. The molecule has 5 heteroatoms. The first-order valence-corrected chi connectivity index (χ1v) is 7.69.